The van der Waals surface area contributed by atoms with Gasteiger partial charge < -0.3 is 14.6 Å². The molecule has 0 bridgehead atoms. The van der Waals surface area contributed by atoms with E-state index in [1.165, 1.54) is 0 Å². The van der Waals surface area contributed by atoms with E-state index in [-0.39, 0.29) is 24.2 Å². The van der Waals surface area contributed by atoms with Crippen LogP contribution in [0.2, 0.25) is 0 Å². The molecule has 2 aromatic carbocycles. The van der Waals surface area contributed by atoms with Crippen LogP contribution in [-0.4, -0.2) is 25.8 Å². The molecular weight excluding hydrogens is 418 g/mol. The van der Waals surface area contributed by atoms with Crippen LogP contribution in [0.4, 0.5) is 0 Å². The lowest BCUT2D eigenvalue weighted by Crippen LogP contribution is -2.26. The zero-order valence-electron chi connectivity index (χ0n) is 17.9. The lowest BCUT2D eigenvalue weighted by Gasteiger charge is -2.10. The Morgan fingerprint density at radius 1 is 1.12 bits per heavy atom. The van der Waals surface area contributed by atoms with E-state index < -0.39 is 0 Å². The molecule has 0 spiro atoms. The Morgan fingerprint density at radius 3 is 2.88 bits per heavy atom. The largest absolute Gasteiger partial charge is 0.485 e. The minimum Gasteiger partial charge on any atom is -0.485 e. The van der Waals surface area contributed by atoms with Crippen molar-refractivity contribution < 1.29 is 14.1 Å². The number of ether oxygens (including phenoxy) is 1. The first-order valence-electron chi connectivity index (χ1n) is 10.5. The number of nitrogens with one attached hydrogen (secondary N) is 1. The second-order valence-electron chi connectivity index (χ2n) is 7.57. The number of fused-ring (bicyclic) bond motifs is 1. The van der Waals surface area contributed by atoms with Gasteiger partial charge in [0.15, 0.2) is 11.5 Å². The summed E-state index contributed by atoms with van der Waals surface area (Å²) in [7, 11) is 0. The normalized spacial score (nSPS) is 11.9. The third kappa shape index (κ3) is 4.45. The lowest BCUT2D eigenvalue weighted by atomic mass is 10.1. The molecule has 0 unspecified atom stereocenters. The summed E-state index contributed by atoms with van der Waals surface area (Å²) < 4.78 is 13.0. The van der Waals surface area contributed by atoms with Crippen LogP contribution in [0.1, 0.15) is 34.8 Å². The molecule has 3 aromatic heterocycles. The van der Waals surface area contributed by atoms with E-state index in [4.69, 9.17) is 9.26 Å². The van der Waals surface area contributed by atoms with Gasteiger partial charge in [0.05, 0.1) is 17.9 Å². The number of hydrogen-bond donors (Lipinski definition) is 1. The van der Waals surface area contributed by atoms with Gasteiger partial charge in [-0.25, -0.2) is 4.68 Å². The van der Waals surface area contributed by atoms with Crippen LogP contribution in [0, 0.1) is 0 Å². The number of rotatable bonds is 7. The smallest absolute Gasteiger partial charge is 0.273 e. The molecule has 0 aliphatic rings. The zero-order valence-corrected chi connectivity index (χ0v) is 17.9. The van der Waals surface area contributed by atoms with Crippen molar-refractivity contribution in [2.24, 2.45) is 0 Å². The fourth-order valence-electron chi connectivity index (χ4n) is 3.49. The SMILES string of the molecule is C[C@H](NC(=O)c1cc(COc2cccc3cnccc23)on1)c1cnn(-c2ccccc2)c1. The standard InChI is InChI=1S/C25H21N5O3/c1-17(19-14-27-30(15-19)20-7-3-2-4-8-20)28-25(31)23-12-21(33-29-23)16-32-24-9-5-6-18-13-26-11-10-22(18)24/h2-15,17H,16H2,1H3,(H,28,31)/t17-/m0/s1. The molecule has 0 radical (unpaired) electrons. The van der Waals surface area contributed by atoms with Crippen molar-refractivity contribution in [1.82, 2.24) is 25.2 Å². The van der Waals surface area contributed by atoms with Crippen LogP contribution in [0.3, 0.4) is 0 Å². The van der Waals surface area contributed by atoms with Gasteiger partial charge in [-0.2, -0.15) is 5.10 Å². The summed E-state index contributed by atoms with van der Waals surface area (Å²) >= 11 is 0. The van der Waals surface area contributed by atoms with E-state index in [0.717, 1.165) is 22.0 Å². The molecule has 0 aliphatic carbocycles. The molecule has 8 nitrogen and oxygen atoms in total. The molecule has 164 valence electrons. The number of aromatic nitrogens is 4. The average molecular weight is 439 g/mol. The van der Waals surface area contributed by atoms with Crippen molar-refractivity contribution in [3.8, 4) is 11.4 Å². The van der Waals surface area contributed by atoms with E-state index in [1.54, 1.807) is 29.3 Å². The Hall–Kier alpha value is -4.46. The average Bonchev–Trinajstić information content (AvgIpc) is 3.54. The molecule has 5 rings (SSSR count). The van der Waals surface area contributed by atoms with E-state index in [9.17, 15) is 4.79 Å². The molecule has 0 saturated carbocycles. The molecule has 8 heteroatoms. The van der Waals surface area contributed by atoms with E-state index in [1.807, 2.05) is 67.7 Å². The van der Waals surface area contributed by atoms with Gasteiger partial charge in [0.2, 0.25) is 0 Å². The Balaban J connectivity index is 1.22. The number of para-hydroxylation sites is 1. The predicted octanol–water partition coefficient (Wildman–Crippen LogP) is 4.48. The molecule has 33 heavy (non-hydrogen) atoms. The van der Waals surface area contributed by atoms with Crippen LogP contribution in [0.5, 0.6) is 5.75 Å². The Kier molecular flexibility index (Phi) is 5.55. The fraction of sp³-hybridized carbons (Fsp3) is 0.120. The third-order valence-corrected chi connectivity index (χ3v) is 5.27. The molecule has 0 fully saturated rings. The molecule has 1 amide bonds. The van der Waals surface area contributed by atoms with E-state index in [2.05, 4.69) is 20.6 Å². The van der Waals surface area contributed by atoms with Gasteiger partial charge in [0, 0.05) is 41.0 Å². The Bertz CT molecular complexity index is 1390. The Labute approximate surface area is 189 Å². The number of pyridine rings is 1. The highest BCUT2D eigenvalue weighted by Crippen LogP contribution is 2.25. The predicted molar refractivity (Wildman–Crippen MR) is 122 cm³/mol. The number of carbonyl (C=O) groups is 1. The number of nitrogens with zero attached hydrogens (tertiary/aromatic N) is 4. The van der Waals surface area contributed by atoms with Crippen molar-refractivity contribution in [1.29, 1.82) is 0 Å². The molecular formula is C25H21N5O3. The summed E-state index contributed by atoms with van der Waals surface area (Å²) in [4.78, 5) is 16.8. The summed E-state index contributed by atoms with van der Waals surface area (Å²) in [6.45, 7) is 2.05. The second-order valence-corrected chi connectivity index (χ2v) is 7.57. The molecule has 1 atom stereocenters. The number of carbonyl (C=O) groups excluding carboxylic acids is 1. The summed E-state index contributed by atoms with van der Waals surface area (Å²) in [5, 5.41) is 13.1. The van der Waals surface area contributed by atoms with Gasteiger partial charge in [-0.3, -0.25) is 9.78 Å². The van der Waals surface area contributed by atoms with Crippen molar-refractivity contribution in [2.45, 2.75) is 19.6 Å². The highest BCUT2D eigenvalue weighted by Gasteiger charge is 2.17. The summed E-state index contributed by atoms with van der Waals surface area (Å²) in [5.74, 6) is 0.832. The number of hydrogen-bond acceptors (Lipinski definition) is 6. The highest BCUT2D eigenvalue weighted by molar-refractivity contribution is 5.92. The quantitative estimate of drug-likeness (QED) is 0.402. The van der Waals surface area contributed by atoms with Gasteiger partial charge in [0.25, 0.3) is 5.91 Å². The molecule has 3 heterocycles. The van der Waals surface area contributed by atoms with Gasteiger partial charge in [0.1, 0.15) is 12.4 Å². The third-order valence-electron chi connectivity index (χ3n) is 5.27. The summed E-state index contributed by atoms with van der Waals surface area (Å²) in [5.41, 5.74) is 2.02. The van der Waals surface area contributed by atoms with E-state index >= 15 is 0 Å². The first kappa shape index (κ1) is 20.4. The number of amides is 1. The highest BCUT2D eigenvalue weighted by atomic mass is 16.5. The van der Waals surface area contributed by atoms with Crippen molar-refractivity contribution in [3.05, 3.63) is 102 Å². The summed E-state index contributed by atoms with van der Waals surface area (Å²) in [6.07, 6.45) is 7.13. The van der Waals surface area contributed by atoms with Crippen LogP contribution in [-0.2, 0) is 6.61 Å². The van der Waals surface area contributed by atoms with Crippen LogP contribution in [0.15, 0.2) is 90.0 Å². The Morgan fingerprint density at radius 2 is 2.00 bits per heavy atom. The maximum Gasteiger partial charge on any atom is 0.273 e. The van der Waals surface area contributed by atoms with E-state index in [0.29, 0.717) is 11.5 Å². The minimum atomic E-state index is -0.332. The zero-order chi connectivity index (χ0) is 22.6. The minimum absolute atomic E-state index is 0.154. The van der Waals surface area contributed by atoms with Crippen molar-refractivity contribution >= 4 is 16.7 Å². The maximum absolute atomic E-state index is 12.7. The first-order valence-corrected chi connectivity index (χ1v) is 10.5. The molecule has 0 aliphatic heterocycles. The summed E-state index contributed by atoms with van der Waals surface area (Å²) in [6, 6.07) is 18.8. The maximum atomic E-state index is 12.7. The topological polar surface area (TPSA) is 95.1 Å². The van der Waals surface area contributed by atoms with Gasteiger partial charge in [-0.05, 0) is 31.2 Å². The lowest BCUT2D eigenvalue weighted by molar-refractivity contribution is 0.0930. The molecule has 0 saturated heterocycles. The van der Waals surface area contributed by atoms with Gasteiger partial charge >= 0.3 is 0 Å². The van der Waals surface area contributed by atoms with Gasteiger partial charge in [-0.15, -0.1) is 0 Å². The fourth-order valence-corrected chi connectivity index (χ4v) is 3.49. The van der Waals surface area contributed by atoms with Crippen molar-refractivity contribution in [2.75, 3.05) is 0 Å². The molecule has 1 N–H and O–H groups in total. The van der Waals surface area contributed by atoms with Crippen LogP contribution < -0.4 is 10.1 Å². The van der Waals surface area contributed by atoms with Crippen LogP contribution >= 0.6 is 0 Å². The first-order chi connectivity index (χ1) is 16.2. The number of benzene rings is 2. The van der Waals surface area contributed by atoms with Crippen LogP contribution in [0.25, 0.3) is 16.5 Å². The second kappa shape index (κ2) is 8.96. The molecule has 5 aromatic rings. The monoisotopic (exact) mass is 439 g/mol. The van der Waals surface area contributed by atoms with Gasteiger partial charge in [-0.1, -0.05) is 35.5 Å². The van der Waals surface area contributed by atoms with Crippen molar-refractivity contribution in [3.63, 3.8) is 0 Å².